The molecule has 2 N–H and O–H groups in total. The van der Waals surface area contributed by atoms with Crippen LogP contribution in [0.1, 0.15) is 40.9 Å². The van der Waals surface area contributed by atoms with E-state index >= 15 is 0 Å². The van der Waals surface area contributed by atoms with Gasteiger partial charge in [-0.15, -0.1) is 0 Å². The van der Waals surface area contributed by atoms with E-state index in [0.717, 1.165) is 5.56 Å². The van der Waals surface area contributed by atoms with Gasteiger partial charge in [0.05, 0.1) is 11.6 Å². The lowest BCUT2D eigenvalue weighted by atomic mass is 10.0. The summed E-state index contributed by atoms with van der Waals surface area (Å²) in [5.74, 6) is -1.24. The molecule has 2 aromatic carbocycles. The van der Waals surface area contributed by atoms with E-state index in [4.69, 9.17) is 5.11 Å². The van der Waals surface area contributed by atoms with Crippen LogP contribution in [0, 0.1) is 12.7 Å². The summed E-state index contributed by atoms with van der Waals surface area (Å²) in [5.41, 5.74) is 2.44. The van der Waals surface area contributed by atoms with Gasteiger partial charge in [-0.05, 0) is 37.1 Å². The normalized spacial score (nSPS) is 12.0. The van der Waals surface area contributed by atoms with Crippen molar-refractivity contribution < 1.29 is 14.3 Å². The van der Waals surface area contributed by atoms with E-state index in [0.29, 0.717) is 17.7 Å². The van der Waals surface area contributed by atoms with Crippen LogP contribution in [0.3, 0.4) is 0 Å². The van der Waals surface area contributed by atoms with Gasteiger partial charge >= 0.3 is 5.97 Å². The molecule has 0 aliphatic heterocycles. The van der Waals surface area contributed by atoms with Crippen LogP contribution in [0.5, 0.6) is 0 Å². The Morgan fingerprint density at radius 3 is 2.62 bits per heavy atom. The van der Waals surface area contributed by atoms with E-state index in [2.05, 4.69) is 5.32 Å². The van der Waals surface area contributed by atoms with Crippen molar-refractivity contribution in [2.24, 2.45) is 0 Å². The third-order valence-corrected chi connectivity index (χ3v) is 3.50. The van der Waals surface area contributed by atoms with Crippen LogP contribution in [0.4, 0.5) is 10.1 Å². The van der Waals surface area contributed by atoms with Crippen LogP contribution in [0.25, 0.3) is 0 Å². The number of anilines is 1. The van der Waals surface area contributed by atoms with E-state index in [9.17, 15) is 9.18 Å². The maximum atomic E-state index is 13.9. The Bertz CT molecular complexity index is 655. The summed E-state index contributed by atoms with van der Waals surface area (Å²) in [5, 5.41) is 12.3. The molecule has 2 rings (SSSR count). The predicted molar refractivity (Wildman–Crippen MR) is 81.2 cm³/mol. The van der Waals surface area contributed by atoms with Crippen LogP contribution in [-0.4, -0.2) is 11.1 Å². The number of nitrogens with one attached hydrogen (secondary N) is 1. The van der Waals surface area contributed by atoms with Gasteiger partial charge in [-0.2, -0.15) is 0 Å². The van der Waals surface area contributed by atoms with E-state index < -0.39 is 5.97 Å². The Hall–Kier alpha value is -2.36. The topological polar surface area (TPSA) is 49.3 Å². The summed E-state index contributed by atoms with van der Waals surface area (Å²) in [6.45, 7) is 3.85. The SMILES string of the molecule is CCC(Nc1cc(C(=O)O)ccc1C)c1ccccc1F. The lowest BCUT2D eigenvalue weighted by Gasteiger charge is -2.21. The summed E-state index contributed by atoms with van der Waals surface area (Å²) in [7, 11) is 0. The van der Waals surface area contributed by atoms with Crippen LogP contribution in [0.2, 0.25) is 0 Å². The maximum Gasteiger partial charge on any atom is 0.335 e. The second-order valence-electron chi connectivity index (χ2n) is 4.96. The molecule has 0 amide bonds. The van der Waals surface area contributed by atoms with Crippen LogP contribution in [0.15, 0.2) is 42.5 Å². The van der Waals surface area contributed by atoms with E-state index in [1.54, 1.807) is 36.4 Å². The fraction of sp³-hybridized carbons (Fsp3) is 0.235. The first-order valence-corrected chi connectivity index (χ1v) is 6.87. The number of rotatable bonds is 5. The smallest absolute Gasteiger partial charge is 0.335 e. The zero-order valence-electron chi connectivity index (χ0n) is 12.1. The second-order valence-corrected chi connectivity index (χ2v) is 4.96. The average Bonchev–Trinajstić information content (AvgIpc) is 2.47. The fourth-order valence-electron chi connectivity index (χ4n) is 2.26. The Morgan fingerprint density at radius 2 is 2.00 bits per heavy atom. The Morgan fingerprint density at radius 1 is 1.29 bits per heavy atom. The quantitative estimate of drug-likeness (QED) is 0.857. The first-order valence-electron chi connectivity index (χ1n) is 6.87. The van der Waals surface area contributed by atoms with Crippen molar-refractivity contribution >= 4 is 11.7 Å². The minimum Gasteiger partial charge on any atom is -0.478 e. The summed E-state index contributed by atoms with van der Waals surface area (Å²) < 4.78 is 13.9. The zero-order valence-corrected chi connectivity index (χ0v) is 12.1. The predicted octanol–water partition coefficient (Wildman–Crippen LogP) is 4.40. The van der Waals surface area contributed by atoms with Crippen molar-refractivity contribution in [1.82, 2.24) is 0 Å². The molecule has 0 aromatic heterocycles. The molecule has 0 radical (unpaired) electrons. The largest absolute Gasteiger partial charge is 0.478 e. The van der Waals surface area contributed by atoms with Crippen molar-refractivity contribution in [3.63, 3.8) is 0 Å². The number of benzene rings is 2. The van der Waals surface area contributed by atoms with Gasteiger partial charge in [-0.1, -0.05) is 31.2 Å². The van der Waals surface area contributed by atoms with Crippen LogP contribution in [-0.2, 0) is 0 Å². The molecule has 21 heavy (non-hydrogen) atoms. The molecule has 0 saturated heterocycles. The second kappa shape index (κ2) is 6.39. The monoisotopic (exact) mass is 287 g/mol. The number of hydrogen-bond donors (Lipinski definition) is 2. The highest BCUT2D eigenvalue weighted by molar-refractivity contribution is 5.89. The Labute approximate surface area is 123 Å². The molecule has 0 bridgehead atoms. The molecule has 3 nitrogen and oxygen atoms in total. The van der Waals surface area contributed by atoms with E-state index in [-0.39, 0.29) is 17.4 Å². The first-order chi connectivity index (χ1) is 10.0. The van der Waals surface area contributed by atoms with Gasteiger partial charge in [0.2, 0.25) is 0 Å². The van der Waals surface area contributed by atoms with Crippen LogP contribution >= 0.6 is 0 Å². The molecule has 4 heteroatoms. The van der Waals surface area contributed by atoms with Crippen molar-refractivity contribution in [1.29, 1.82) is 0 Å². The molecule has 2 aromatic rings. The van der Waals surface area contributed by atoms with E-state index in [1.165, 1.54) is 6.07 Å². The van der Waals surface area contributed by atoms with Gasteiger partial charge in [0.1, 0.15) is 5.82 Å². The molecule has 0 fully saturated rings. The average molecular weight is 287 g/mol. The van der Waals surface area contributed by atoms with Crippen molar-refractivity contribution in [3.05, 3.63) is 65.0 Å². The molecule has 1 unspecified atom stereocenters. The molecule has 110 valence electrons. The molecule has 0 spiro atoms. The Balaban J connectivity index is 2.33. The summed E-state index contributed by atoms with van der Waals surface area (Å²) >= 11 is 0. The number of hydrogen-bond acceptors (Lipinski definition) is 2. The van der Waals surface area contributed by atoms with Gasteiger partial charge in [-0.3, -0.25) is 0 Å². The highest BCUT2D eigenvalue weighted by Crippen LogP contribution is 2.27. The third-order valence-electron chi connectivity index (χ3n) is 3.50. The summed E-state index contributed by atoms with van der Waals surface area (Å²) in [4.78, 5) is 11.1. The van der Waals surface area contributed by atoms with Gasteiger partial charge < -0.3 is 10.4 Å². The zero-order chi connectivity index (χ0) is 15.4. The number of aryl methyl sites for hydroxylation is 1. The molecule has 0 saturated carbocycles. The van der Waals surface area contributed by atoms with E-state index in [1.807, 2.05) is 13.8 Å². The number of halogens is 1. The lowest BCUT2D eigenvalue weighted by Crippen LogP contribution is -2.13. The highest BCUT2D eigenvalue weighted by Gasteiger charge is 2.15. The number of carboxylic acids is 1. The van der Waals surface area contributed by atoms with Crippen LogP contribution < -0.4 is 5.32 Å². The molecular weight excluding hydrogens is 269 g/mol. The lowest BCUT2D eigenvalue weighted by molar-refractivity contribution is 0.0697. The number of carbonyl (C=O) groups is 1. The van der Waals surface area contributed by atoms with Gasteiger partial charge in [0.15, 0.2) is 0 Å². The van der Waals surface area contributed by atoms with Crippen molar-refractivity contribution in [3.8, 4) is 0 Å². The Kier molecular flexibility index (Phi) is 4.58. The fourth-order valence-corrected chi connectivity index (χ4v) is 2.26. The summed E-state index contributed by atoms with van der Waals surface area (Å²) in [6.07, 6.45) is 0.692. The minimum absolute atomic E-state index is 0.200. The first kappa shape index (κ1) is 15.0. The van der Waals surface area contributed by atoms with Crippen molar-refractivity contribution in [2.75, 3.05) is 5.32 Å². The number of carboxylic acid groups (broad SMARTS) is 1. The molecule has 0 aliphatic carbocycles. The number of aromatic carboxylic acids is 1. The highest BCUT2D eigenvalue weighted by atomic mass is 19.1. The molecular formula is C17H18FNO2. The van der Waals surface area contributed by atoms with Crippen molar-refractivity contribution in [2.45, 2.75) is 26.3 Å². The van der Waals surface area contributed by atoms with Gasteiger partial charge in [0, 0.05) is 11.3 Å². The molecule has 0 aliphatic rings. The van der Waals surface area contributed by atoms with Gasteiger partial charge in [-0.25, -0.2) is 9.18 Å². The summed E-state index contributed by atoms with van der Waals surface area (Å²) in [6, 6.07) is 11.3. The minimum atomic E-state index is -0.975. The molecule has 0 heterocycles. The standard InChI is InChI=1S/C17H18FNO2/c1-3-15(13-6-4-5-7-14(13)18)19-16-10-12(17(20)21)9-8-11(16)2/h4-10,15,19H,3H2,1-2H3,(H,20,21). The maximum absolute atomic E-state index is 13.9. The third kappa shape index (κ3) is 3.40. The van der Waals surface area contributed by atoms with Gasteiger partial charge in [0.25, 0.3) is 0 Å². The molecule has 1 atom stereocenters.